The number of fused-ring (bicyclic) bond motifs is 3. The van der Waals surface area contributed by atoms with Crippen LogP contribution in [0.15, 0.2) is 34.1 Å². The number of benzene rings is 1. The van der Waals surface area contributed by atoms with Crippen LogP contribution >= 0.6 is 0 Å². The third-order valence-corrected chi connectivity index (χ3v) is 9.95. The predicted octanol–water partition coefficient (Wildman–Crippen LogP) is 2.48. The molecule has 3 heterocycles. The summed E-state index contributed by atoms with van der Waals surface area (Å²) < 4.78 is 52.4. The van der Waals surface area contributed by atoms with Crippen molar-refractivity contribution in [3.8, 4) is 0 Å². The fraction of sp³-hybridized carbons (Fsp3) is 0.571. The number of hydrogen-bond acceptors (Lipinski definition) is 4. The molecular weight excluding hydrogens is 321 g/mol. The van der Waals surface area contributed by atoms with Crippen molar-refractivity contribution >= 4 is 26.9 Å². The minimum Gasteiger partial charge on any atom is -0.207 e. The zero-order valence-corrected chi connectivity index (χ0v) is 13.8. The van der Waals surface area contributed by atoms with Crippen LogP contribution in [0.25, 0.3) is 0 Å². The van der Waals surface area contributed by atoms with Crippen LogP contribution in [-0.4, -0.2) is 27.3 Å². The second-order valence-electron chi connectivity index (χ2n) is 6.55. The van der Waals surface area contributed by atoms with Gasteiger partial charge in [0.15, 0.2) is 0 Å². The van der Waals surface area contributed by atoms with Crippen LogP contribution in [0.5, 0.6) is 0 Å². The minimum absolute atomic E-state index is 0.0568. The van der Waals surface area contributed by atoms with Crippen molar-refractivity contribution < 1.29 is 16.8 Å². The molecule has 1 aromatic carbocycles. The standard InChI is InChI=1S/C14H18BNO4S2/c17-21(18)13-9-1-2-10-14(13)22(19,20)16(21)15-11-5-3-6-12(15)8-4-7-11/h1-2,9-12H,3-8H2. The van der Waals surface area contributed by atoms with E-state index in [-0.39, 0.29) is 28.3 Å². The monoisotopic (exact) mass is 339 g/mol. The minimum atomic E-state index is -3.95. The number of sulfonamides is 2. The fourth-order valence-electron chi connectivity index (χ4n) is 4.51. The second-order valence-corrected chi connectivity index (χ2v) is 10.4. The second kappa shape index (κ2) is 4.82. The topological polar surface area (TPSA) is 71.5 Å². The Morgan fingerprint density at radius 1 is 0.818 bits per heavy atom. The fourth-order valence-corrected chi connectivity index (χ4v) is 9.52. The molecule has 3 aliphatic heterocycles. The Hall–Kier alpha value is -0.855. The Balaban J connectivity index is 1.90. The summed E-state index contributed by atoms with van der Waals surface area (Å²) in [4.78, 5) is -0.114. The van der Waals surface area contributed by atoms with Crippen molar-refractivity contribution in [1.29, 1.82) is 0 Å². The zero-order chi connectivity index (χ0) is 15.5. The summed E-state index contributed by atoms with van der Waals surface area (Å²) in [7, 11) is -7.90. The predicted molar refractivity (Wildman–Crippen MR) is 83.6 cm³/mol. The molecule has 0 N–H and O–H groups in total. The van der Waals surface area contributed by atoms with E-state index in [0.29, 0.717) is 0 Å². The summed E-state index contributed by atoms with van der Waals surface area (Å²) >= 11 is 0. The molecule has 0 saturated carbocycles. The molecule has 0 aliphatic carbocycles. The number of rotatable bonds is 1. The molecule has 0 spiro atoms. The van der Waals surface area contributed by atoms with Gasteiger partial charge in [-0.05, 0) is 23.8 Å². The van der Waals surface area contributed by atoms with Gasteiger partial charge in [0.1, 0.15) is 9.79 Å². The lowest BCUT2D eigenvalue weighted by Crippen LogP contribution is -2.52. The van der Waals surface area contributed by atoms with E-state index in [9.17, 15) is 16.8 Å². The average molecular weight is 339 g/mol. The third-order valence-electron chi connectivity index (χ3n) is 5.39. The van der Waals surface area contributed by atoms with Gasteiger partial charge >= 0.3 is 0 Å². The summed E-state index contributed by atoms with van der Waals surface area (Å²) in [5.74, 6) is 0.345. The van der Waals surface area contributed by atoms with Gasteiger partial charge in [0, 0.05) is 0 Å². The highest BCUT2D eigenvalue weighted by Crippen LogP contribution is 2.51. The van der Waals surface area contributed by atoms with Crippen molar-refractivity contribution in [2.75, 3.05) is 0 Å². The Morgan fingerprint density at radius 2 is 1.23 bits per heavy atom. The van der Waals surface area contributed by atoms with Gasteiger partial charge in [-0.3, -0.25) is 0 Å². The normalized spacial score (nSPS) is 32.6. The number of hydrogen-bond donors (Lipinski definition) is 0. The van der Waals surface area contributed by atoms with Crippen LogP contribution in [0, 0.1) is 0 Å². The van der Waals surface area contributed by atoms with Gasteiger partial charge < -0.3 is 0 Å². The SMILES string of the molecule is O=S1(=O)c2ccccc2S(=O)(=O)N1B1C2CCCC1CCC2. The van der Waals surface area contributed by atoms with Gasteiger partial charge in [-0.25, -0.2) is 16.8 Å². The third kappa shape index (κ3) is 1.86. The van der Waals surface area contributed by atoms with Crippen LogP contribution in [-0.2, 0) is 20.0 Å². The van der Waals surface area contributed by atoms with Crippen molar-refractivity contribution in [2.24, 2.45) is 0 Å². The maximum Gasteiger partial charge on any atom is 0.270 e. The van der Waals surface area contributed by atoms with Crippen LogP contribution in [0.2, 0.25) is 11.6 Å². The van der Waals surface area contributed by atoms with E-state index in [1.807, 2.05) is 0 Å². The molecule has 0 unspecified atom stereocenters. The Kier molecular flexibility index (Phi) is 3.22. The van der Waals surface area contributed by atoms with Crippen LogP contribution in [0.4, 0.5) is 0 Å². The molecule has 22 heavy (non-hydrogen) atoms. The van der Waals surface area contributed by atoms with E-state index in [1.165, 1.54) is 12.1 Å². The molecule has 2 bridgehead atoms. The molecule has 0 atom stereocenters. The number of nitrogens with zero attached hydrogens (tertiary/aromatic N) is 1. The molecule has 0 radical (unpaired) electrons. The molecule has 1 aromatic rings. The van der Waals surface area contributed by atoms with Crippen molar-refractivity contribution in [1.82, 2.24) is 3.62 Å². The summed E-state index contributed by atoms with van der Waals surface area (Å²) in [6.45, 7) is -0.384. The van der Waals surface area contributed by atoms with Gasteiger partial charge in [0.25, 0.3) is 6.85 Å². The molecule has 0 aromatic heterocycles. The molecule has 5 nitrogen and oxygen atoms in total. The Morgan fingerprint density at radius 3 is 1.64 bits per heavy atom. The van der Waals surface area contributed by atoms with Crippen LogP contribution in [0.3, 0.4) is 0 Å². The average Bonchev–Trinajstić information content (AvgIpc) is 2.62. The van der Waals surface area contributed by atoms with Gasteiger partial charge in [0.2, 0.25) is 20.0 Å². The van der Waals surface area contributed by atoms with Crippen molar-refractivity contribution in [3.05, 3.63) is 24.3 Å². The lowest BCUT2D eigenvalue weighted by atomic mass is 9.35. The van der Waals surface area contributed by atoms with E-state index >= 15 is 0 Å². The highest BCUT2D eigenvalue weighted by Gasteiger charge is 2.57. The van der Waals surface area contributed by atoms with E-state index in [2.05, 4.69) is 0 Å². The Bertz CT molecular complexity index is 746. The first-order valence-electron chi connectivity index (χ1n) is 7.83. The van der Waals surface area contributed by atoms with Crippen molar-refractivity contribution in [3.63, 3.8) is 0 Å². The molecular formula is C14H18BNO4S2. The molecule has 3 aliphatic rings. The first-order chi connectivity index (χ1) is 10.4. The molecule has 2 fully saturated rings. The van der Waals surface area contributed by atoms with Gasteiger partial charge in [-0.2, -0.15) is 0 Å². The molecule has 118 valence electrons. The largest absolute Gasteiger partial charge is 0.270 e. The first-order valence-corrected chi connectivity index (χ1v) is 10.7. The highest BCUT2D eigenvalue weighted by atomic mass is 32.3. The van der Waals surface area contributed by atoms with Gasteiger partial charge in [-0.15, -0.1) is 3.62 Å². The maximum absolute atomic E-state index is 12.9. The molecule has 4 rings (SSSR count). The lowest BCUT2D eigenvalue weighted by molar-refractivity contribution is 0.426. The molecule has 0 amide bonds. The quantitative estimate of drug-likeness (QED) is 0.737. The summed E-state index contributed by atoms with van der Waals surface area (Å²) in [6.07, 6.45) is 5.87. The first kappa shape index (κ1) is 14.7. The lowest BCUT2D eigenvalue weighted by Gasteiger charge is -2.42. The maximum atomic E-state index is 12.9. The van der Waals surface area contributed by atoms with Crippen LogP contribution < -0.4 is 0 Å². The van der Waals surface area contributed by atoms with E-state index in [0.717, 1.165) is 42.1 Å². The smallest absolute Gasteiger partial charge is 0.207 e. The van der Waals surface area contributed by atoms with E-state index in [1.54, 1.807) is 12.1 Å². The Labute approximate surface area is 131 Å². The summed E-state index contributed by atoms with van der Waals surface area (Å²) in [6, 6.07) is 5.97. The van der Waals surface area contributed by atoms with Crippen LogP contribution in [0.1, 0.15) is 38.5 Å². The van der Waals surface area contributed by atoms with Gasteiger partial charge in [-0.1, -0.05) is 50.7 Å². The van der Waals surface area contributed by atoms with Crippen molar-refractivity contribution in [2.45, 2.75) is 60.0 Å². The molecule has 8 heteroatoms. The van der Waals surface area contributed by atoms with E-state index in [4.69, 9.17) is 0 Å². The highest BCUT2D eigenvalue weighted by molar-refractivity contribution is 8.08. The summed E-state index contributed by atoms with van der Waals surface area (Å²) in [5.41, 5.74) is 0. The van der Waals surface area contributed by atoms with E-state index < -0.39 is 20.0 Å². The molecule has 2 saturated heterocycles. The summed E-state index contributed by atoms with van der Waals surface area (Å²) in [5, 5.41) is 0. The van der Waals surface area contributed by atoms with Gasteiger partial charge in [0.05, 0.1) is 0 Å². The zero-order valence-electron chi connectivity index (χ0n) is 12.2.